The zero-order valence-corrected chi connectivity index (χ0v) is 23.9. The van der Waals surface area contributed by atoms with Crippen molar-refractivity contribution in [3.63, 3.8) is 0 Å². The predicted octanol–water partition coefficient (Wildman–Crippen LogP) is 1.25. The van der Waals surface area contributed by atoms with Crippen molar-refractivity contribution in [3.05, 3.63) is 23.3 Å². The van der Waals surface area contributed by atoms with Gasteiger partial charge in [0.25, 0.3) is 0 Å². The highest BCUT2D eigenvalue weighted by Gasteiger charge is 2.80. The number of ether oxygens (including phenoxy) is 2. The first-order valence-electron chi connectivity index (χ1n) is 14.2. The van der Waals surface area contributed by atoms with Gasteiger partial charge in [-0.1, -0.05) is 11.6 Å². The molecule has 40 heavy (non-hydrogen) atoms. The summed E-state index contributed by atoms with van der Waals surface area (Å²) in [7, 11) is 0. The van der Waals surface area contributed by atoms with Crippen LogP contribution in [0.4, 0.5) is 0 Å². The molecule has 0 radical (unpaired) electrons. The summed E-state index contributed by atoms with van der Waals surface area (Å²) < 4.78 is 11.1. The van der Waals surface area contributed by atoms with Crippen molar-refractivity contribution in [2.75, 3.05) is 6.61 Å². The van der Waals surface area contributed by atoms with E-state index >= 15 is 0 Å². The quantitative estimate of drug-likeness (QED) is 0.314. The normalized spacial score (nSPS) is 48.0. The van der Waals surface area contributed by atoms with Gasteiger partial charge >= 0.3 is 11.9 Å². The third kappa shape index (κ3) is 3.37. The number of aliphatic hydroxyl groups is 5. The lowest BCUT2D eigenvalue weighted by molar-refractivity contribution is -0.312. The van der Waals surface area contributed by atoms with Crippen LogP contribution >= 0.6 is 0 Å². The number of fused-ring (bicyclic) bond motifs is 5. The first-order valence-corrected chi connectivity index (χ1v) is 14.2. The molecule has 10 unspecified atom stereocenters. The summed E-state index contributed by atoms with van der Waals surface area (Å²) in [4.78, 5) is 38.0. The molecule has 3 saturated carbocycles. The van der Waals surface area contributed by atoms with Crippen LogP contribution in [-0.2, 0) is 23.9 Å². The van der Waals surface area contributed by atoms with Crippen molar-refractivity contribution in [1.82, 2.24) is 0 Å². The highest BCUT2D eigenvalue weighted by atomic mass is 16.6. The standard InChI is InChI=1S/C30H42O10/c1-16-13-23(40-24(34)17(16)2)26(5,35)30(38)12-11-28(36)20-14-22(33)29(37)9-6-7-21(32)25(29,4)19(20)8-10-27(28,30)15-39-18(3)31/h6-7,19-20,22-23,33,35-38H,8-15H2,1-5H3. The Bertz CT molecular complexity index is 1200. The lowest BCUT2D eigenvalue weighted by Gasteiger charge is -2.67. The maximum atomic E-state index is 13.4. The van der Waals surface area contributed by atoms with Crippen LogP contribution in [0, 0.1) is 22.7 Å². The molecule has 1 heterocycles. The average molecular weight is 563 g/mol. The van der Waals surface area contributed by atoms with Crippen molar-refractivity contribution < 1.29 is 49.4 Å². The number of hydrogen-bond donors (Lipinski definition) is 5. The molecule has 5 rings (SSSR count). The number of carbonyl (C=O) groups is 3. The number of cyclic esters (lactones) is 1. The van der Waals surface area contributed by atoms with Crippen LogP contribution in [0.2, 0.25) is 0 Å². The Morgan fingerprint density at radius 1 is 1.12 bits per heavy atom. The molecule has 5 aliphatic rings. The Labute approximate surface area is 234 Å². The third-order valence-electron chi connectivity index (χ3n) is 12.0. The third-order valence-corrected chi connectivity index (χ3v) is 12.0. The number of esters is 2. The fraction of sp³-hybridized carbons (Fsp3) is 0.767. The molecule has 0 aromatic carbocycles. The zero-order chi connectivity index (χ0) is 29.7. The maximum Gasteiger partial charge on any atom is 0.334 e. The SMILES string of the molecule is CC(=O)OCC12CCC3C(CC(O)C4(O)CC=CC(=O)C34C)C1(O)CCC2(O)C(C)(O)C1CC(C)=C(C)C(=O)O1. The lowest BCUT2D eigenvalue weighted by Crippen LogP contribution is -2.77. The number of hydrogen-bond acceptors (Lipinski definition) is 10. The van der Waals surface area contributed by atoms with Crippen LogP contribution in [0.25, 0.3) is 0 Å². The Morgan fingerprint density at radius 3 is 2.42 bits per heavy atom. The minimum atomic E-state index is -2.08. The van der Waals surface area contributed by atoms with Crippen LogP contribution in [0.5, 0.6) is 0 Å². The number of ketones is 1. The number of carbonyl (C=O) groups excluding carboxylic acids is 3. The van der Waals surface area contributed by atoms with Gasteiger partial charge in [-0.2, -0.15) is 0 Å². The summed E-state index contributed by atoms with van der Waals surface area (Å²) in [6.45, 7) is 7.20. The summed E-state index contributed by atoms with van der Waals surface area (Å²) >= 11 is 0. The van der Waals surface area contributed by atoms with Gasteiger partial charge in [-0.05, 0) is 84.1 Å². The largest absolute Gasteiger partial charge is 0.465 e. The number of rotatable bonds is 4. The average Bonchev–Trinajstić information content (AvgIpc) is 3.13. The summed E-state index contributed by atoms with van der Waals surface area (Å²) in [5.74, 6) is -2.89. The van der Waals surface area contributed by atoms with Gasteiger partial charge in [0.1, 0.15) is 29.5 Å². The van der Waals surface area contributed by atoms with Crippen molar-refractivity contribution >= 4 is 17.7 Å². The molecule has 0 saturated heterocycles. The van der Waals surface area contributed by atoms with Gasteiger partial charge in [-0.25, -0.2) is 4.79 Å². The lowest BCUT2D eigenvalue weighted by atomic mass is 9.40. The number of allylic oxidation sites excluding steroid dienone is 1. The molecule has 0 amide bonds. The second-order valence-corrected chi connectivity index (χ2v) is 13.4. The van der Waals surface area contributed by atoms with Gasteiger partial charge in [0.15, 0.2) is 5.78 Å². The van der Waals surface area contributed by atoms with Crippen LogP contribution < -0.4 is 0 Å². The summed E-state index contributed by atoms with van der Waals surface area (Å²) in [6.07, 6.45) is 0.888. The fourth-order valence-corrected chi connectivity index (χ4v) is 9.25. The molecule has 0 bridgehead atoms. The highest BCUT2D eigenvalue weighted by molar-refractivity contribution is 5.97. The van der Waals surface area contributed by atoms with E-state index in [1.807, 2.05) is 0 Å². The minimum Gasteiger partial charge on any atom is -0.465 e. The van der Waals surface area contributed by atoms with Crippen molar-refractivity contribution in [1.29, 1.82) is 0 Å². The van der Waals surface area contributed by atoms with Crippen LogP contribution in [0.3, 0.4) is 0 Å². The van der Waals surface area contributed by atoms with Gasteiger partial charge in [0, 0.05) is 18.9 Å². The van der Waals surface area contributed by atoms with Crippen LogP contribution in [0.1, 0.15) is 79.6 Å². The number of aliphatic hydroxyl groups excluding tert-OH is 1. The molecule has 222 valence electrons. The Kier molecular flexibility index (Phi) is 6.57. The Morgan fingerprint density at radius 2 is 1.80 bits per heavy atom. The molecule has 5 N–H and O–H groups in total. The monoisotopic (exact) mass is 562 g/mol. The summed E-state index contributed by atoms with van der Waals surface area (Å²) in [5, 5.41) is 60.4. The van der Waals surface area contributed by atoms with Crippen molar-refractivity contribution in [2.24, 2.45) is 22.7 Å². The van der Waals surface area contributed by atoms with E-state index in [-0.39, 0.29) is 50.7 Å². The molecule has 10 heteroatoms. The van der Waals surface area contributed by atoms with E-state index in [1.165, 1.54) is 19.9 Å². The van der Waals surface area contributed by atoms with Gasteiger partial charge in [-0.3, -0.25) is 9.59 Å². The molecule has 10 nitrogen and oxygen atoms in total. The minimum absolute atomic E-state index is 0.0259. The van der Waals surface area contributed by atoms with E-state index in [2.05, 4.69) is 0 Å². The molecule has 4 aliphatic carbocycles. The first kappa shape index (κ1) is 29.4. The van der Waals surface area contributed by atoms with E-state index in [0.717, 1.165) is 0 Å². The molecular formula is C30H42O10. The predicted molar refractivity (Wildman–Crippen MR) is 140 cm³/mol. The second-order valence-electron chi connectivity index (χ2n) is 13.4. The zero-order valence-electron chi connectivity index (χ0n) is 23.9. The first-order chi connectivity index (χ1) is 18.4. The maximum absolute atomic E-state index is 13.4. The Balaban J connectivity index is 1.63. The van der Waals surface area contributed by atoms with Gasteiger partial charge in [-0.15, -0.1) is 0 Å². The van der Waals surface area contributed by atoms with E-state index in [9.17, 15) is 39.9 Å². The molecule has 3 fully saturated rings. The Hall–Kier alpha value is -2.11. The van der Waals surface area contributed by atoms with Crippen molar-refractivity contribution in [2.45, 2.75) is 114 Å². The summed E-state index contributed by atoms with van der Waals surface area (Å²) in [6, 6.07) is 0. The van der Waals surface area contributed by atoms with E-state index < -0.39 is 75.8 Å². The highest BCUT2D eigenvalue weighted by Crippen LogP contribution is 2.71. The van der Waals surface area contributed by atoms with Crippen LogP contribution in [0.15, 0.2) is 23.3 Å². The van der Waals surface area contributed by atoms with Crippen molar-refractivity contribution in [3.8, 4) is 0 Å². The van der Waals surface area contributed by atoms with Gasteiger partial charge < -0.3 is 35.0 Å². The summed E-state index contributed by atoms with van der Waals surface area (Å²) in [5.41, 5.74) is -9.53. The molecule has 0 aromatic rings. The van der Waals surface area contributed by atoms with Gasteiger partial charge in [0.05, 0.1) is 22.5 Å². The van der Waals surface area contributed by atoms with E-state index in [0.29, 0.717) is 11.1 Å². The second kappa shape index (κ2) is 8.94. The molecular weight excluding hydrogens is 520 g/mol. The molecule has 0 aromatic heterocycles. The van der Waals surface area contributed by atoms with Gasteiger partial charge in [0.2, 0.25) is 0 Å². The smallest absolute Gasteiger partial charge is 0.334 e. The molecule has 0 spiro atoms. The fourth-order valence-electron chi connectivity index (χ4n) is 9.25. The van der Waals surface area contributed by atoms with Crippen LogP contribution in [-0.4, -0.2) is 84.5 Å². The molecule has 1 aliphatic heterocycles. The molecule has 10 atom stereocenters. The topological polar surface area (TPSA) is 171 Å². The van der Waals surface area contributed by atoms with E-state index in [1.54, 1.807) is 26.8 Å². The van der Waals surface area contributed by atoms with E-state index in [4.69, 9.17) is 9.47 Å².